The molecule has 2 atom stereocenters. The Morgan fingerprint density at radius 1 is 1.12 bits per heavy atom. The number of carboxylic acid groups (broad SMARTS) is 1. The van der Waals surface area contributed by atoms with Gasteiger partial charge in [-0.1, -0.05) is 44.2 Å². The van der Waals surface area contributed by atoms with Crippen LogP contribution in [-0.4, -0.2) is 44.6 Å². The van der Waals surface area contributed by atoms with E-state index in [-0.39, 0.29) is 35.2 Å². The molecule has 8 heteroatoms. The molecule has 2 unspecified atom stereocenters. The number of aromatic hydroxyl groups is 1. The number of benzene rings is 1. The van der Waals surface area contributed by atoms with Gasteiger partial charge in [0.2, 0.25) is 0 Å². The number of carbonyl (C=O) groups excluding carboxylic acids is 1. The highest BCUT2D eigenvalue weighted by molar-refractivity contribution is 6.68. The van der Waals surface area contributed by atoms with Gasteiger partial charge in [0.25, 0.3) is 5.91 Å². The number of hydrogen-bond acceptors (Lipinski definition) is 6. The molecule has 8 nitrogen and oxygen atoms in total. The summed E-state index contributed by atoms with van der Waals surface area (Å²) in [5.74, 6) is -1.30. The van der Waals surface area contributed by atoms with Crippen LogP contribution < -0.4 is 5.43 Å². The Bertz CT molecular complexity index is 934. The Labute approximate surface area is 188 Å². The van der Waals surface area contributed by atoms with Gasteiger partial charge in [0.05, 0.1) is 23.4 Å². The van der Waals surface area contributed by atoms with Crippen molar-refractivity contribution in [1.29, 1.82) is 0 Å². The van der Waals surface area contributed by atoms with E-state index in [1.807, 2.05) is 12.1 Å². The number of hydrogen-bond donors (Lipinski definition) is 3. The van der Waals surface area contributed by atoms with E-state index in [0.717, 1.165) is 44.1 Å². The minimum Gasteiger partial charge on any atom is -0.505 e. The van der Waals surface area contributed by atoms with E-state index in [9.17, 15) is 19.8 Å². The number of rotatable bonds is 5. The number of carbonyl (C=O) groups is 2. The van der Waals surface area contributed by atoms with Crippen LogP contribution in [0.5, 0.6) is 5.75 Å². The molecular weight excluding hydrogens is 408 g/mol. The quantitative estimate of drug-likeness (QED) is 0.355. The fourth-order valence-corrected chi connectivity index (χ4v) is 5.19. The van der Waals surface area contributed by atoms with Gasteiger partial charge in [-0.3, -0.25) is 15.0 Å². The van der Waals surface area contributed by atoms with Crippen molar-refractivity contribution in [3.8, 4) is 5.75 Å². The van der Waals surface area contributed by atoms with Crippen molar-refractivity contribution in [3.05, 3.63) is 23.8 Å². The summed E-state index contributed by atoms with van der Waals surface area (Å²) >= 11 is 0. The summed E-state index contributed by atoms with van der Waals surface area (Å²) in [6.45, 7) is 1.78. The van der Waals surface area contributed by atoms with Gasteiger partial charge in [0.15, 0.2) is 5.71 Å². The topological polar surface area (TPSA) is 115 Å². The molecule has 1 heterocycles. The van der Waals surface area contributed by atoms with E-state index < -0.39 is 5.97 Å². The normalized spacial score (nSPS) is 26.2. The van der Waals surface area contributed by atoms with E-state index in [1.54, 1.807) is 18.0 Å². The third-order valence-electron chi connectivity index (χ3n) is 7.00. The van der Waals surface area contributed by atoms with Crippen molar-refractivity contribution in [3.63, 3.8) is 0 Å². The molecule has 3 aliphatic rings. The van der Waals surface area contributed by atoms with E-state index in [2.05, 4.69) is 15.6 Å². The van der Waals surface area contributed by atoms with Gasteiger partial charge < -0.3 is 10.2 Å². The average Bonchev–Trinajstić information content (AvgIpc) is 2.96. The Morgan fingerprint density at radius 2 is 1.88 bits per heavy atom. The molecule has 1 aliphatic heterocycles. The number of para-hydroxylation sites is 1. The molecule has 1 aromatic rings. The molecule has 2 fully saturated rings. The first-order valence-corrected chi connectivity index (χ1v) is 11.7. The Balaban J connectivity index is 1.49. The Hall–Kier alpha value is -2.90. The highest BCUT2D eigenvalue weighted by Crippen LogP contribution is 2.42. The molecule has 2 saturated carbocycles. The number of nitrogens with one attached hydrogen (secondary N) is 1. The van der Waals surface area contributed by atoms with E-state index in [4.69, 9.17) is 0 Å². The zero-order valence-corrected chi connectivity index (χ0v) is 18.6. The first-order chi connectivity index (χ1) is 15.5. The second kappa shape index (κ2) is 9.71. The molecule has 172 valence electrons. The number of phenolic OH excluding ortho intramolecular Hbond substituents is 1. The maximum atomic E-state index is 13.0. The lowest BCUT2D eigenvalue weighted by Crippen LogP contribution is -2.36. The summed E-state index contributed by atoms with van der Waals surface area (Å²) in [6, 6.07) is 5.48. The van der Waals surface area contributed by atoms with Crippen LogP contribution in [0.15, 0.2) is 28.4 Å². The number of amides is 1. The number of carboxylic acids is 1. The van der Waals surface area contributed by atoms with Crippen LogP contribution >= 0.6 is 0 Å². The third-order valence-corrected chi connectivity index (χ3v) is 7.00. The van der Waals surface area contributed by atoms with Crippen LogP contribution in [0.2, 0.25) is 0 Å². The average molecular weight is 441 g/mol. The second-order valence-electron chi connectivity index (χ2n) is 9.19. The molecule has 32 heavy (non-hydrogen) atoms. The van der Waals surface area contributed by atoms with Crippen molar-refractivity contribution < 1.29 is 19.8 Å². The van der Waals surface area contributed by atoms with E-state index >= 15 is 0 Å². The predicted octanol–water partition coefficient (Wildman–Crippen LogP) is 4.46. The van der Waals surface area contributed by atoms with Gasteiger partial charge in [-0.15, -0.1) is 0 Å². The van der Waals surface area contributed by atoms with Gasteiger partial charge in [0.1, 0.15) is 5.75 Å². The van der Waals surface area contributed by atoms with E-state index in [0.29, 0.717) is 24.2 Å². The van der Waals surface area contributed by atoms with Gasteiger partial charge in [-0.05, 0) is 56.6 Å². The van der Waals surface area contributed by atoms with Crippen molar-refractivity contribution >= 4 is 29.0 Å². The number of anilines is 1. The van der Waals surface area contributed by atoms with Crippen LogP contribution in [0.3, 0.4) is 0 Å². The van der Waals surface area contributed by atoms with Gasteiger partial charge in [-0.25, -0.2) is 5.01 Å². The minimum atomic E-state index is -0.775. The van der Waals surface area contributed by atoms with Gasteiger partial charge in [0, 0.05) is 0 Å². The molecule has 0 aromatic heterocycles. The van der Waals surface area contributed by atoms with Crippen molar-refractivity contribution in [2.75, 3.05) is 5.43 Å². The summed E-state index contributed by atoms with van der Waals surface area (Å²) in [5, 5.41) is 30.6. The molecule has 4 rings (SSSR count). The maximum Gasteiger partial charge on any atom is 0.306 e. The summed E-state index contributed by atoms with van der Waals surface area (Å²) in [7, 11) is 0. The van der Waals surface area contributed by atoms with Crippen LogP contribution in [0.1, 0.15) is 82.6 Å². The van der Waals surface area contributed by atoms with Crippen LogP contribution in [0, 0.1) is 5.92 Å². The highest BCUT2D eigenvalue weighted by atomic mass is 16.4. The van der Waals surface area contributed by atoms with Crippen LogP contribution in [0.25, 0.3) is 0 Å². The van der Waals surface area contributed by atoms with Crippen LogP contribution in [0.4, 0.5) is 5.69 Å². The first-order valence-electron chi connectivity index (χ1n) is 11.7. The zero-order chi connectivity index (χ0) is 22.7. The molecule has 1 amide bonds. The maximum absolute atomic E-state index is 13.0. The second-order valence-corrected chi connectivity index (χ2v) is 9.19. The molecule has 2 aliphatic carbocycles. The molecule has 1 aromatic carbocycles. The largest absolute Gasteiger partial charge is 0.505 e. The van der Waals surface area contributed by atoms with Crippen molar-refractivity contribution in [1.82, 2.24) is 5.01 Å². The smallest absolute Gasteiger partial charge is 0.306 e. The lowest BCUT2D eigenvalue weighted by Gasteiger charge is -2.27. The Kier molecular flexibility index (Phi) is 6.77. The zero-order valence-electron chi connectivity index (χ0n) is 18.6. The standard InChI is InChI=1S/C24H32N4O4/c1-15-21(23(30)28(27-15)18-10-4-2-3-5-11-18)26-25-20-13-7-12-19(22(20)29)16-8-6-9-17(14-16)24(31)32/h7,12-13,16-18,25,29H,2-6,8-11,14H2,1H3,(H,31,32). The summed E-state index contributed by atoms with van der Waals surface area (Å²) in [5.41, 5.74) is 4.82. The fourth-order valence-electron chi connectivity index (χ4n) is 5.19. The molecule has 0 spiro atoms. The molecular formula is C24H32N4O4. The number of nitrogens with zero attached hydrogens (tertiary/aromatic N) is 3. The third kappa shape index (κ3) is 4.64. The molecule has 0 bridgehead atoms. The number of aliphatic carboxylic acids is 1. The summed E-state index contributed by atoms with van der Waals surface area (Å²) in [6.07, 6.45) is 9.41. The SMILES string of the molecule is CC1=NN(C2CCCCCC2)C(=O)C1=NNc1cccc(C2CCCC(C(=O)O)C2)c1O. The predicted molar refractivity (Wildman–Crippen MR) is 123 cm³/mol. The first kappa shape index (κ1) is 22.3. The summed E-state index contributed by atoms with van der Waals surface area (Å²) in [4.78, 5) is 24.4. The van der Waals surface area contributed by atoms with Crippen molar-refractivity contribution in [2.45, 2.75) is 83.1 Å². The molecule has 0 radical (unpaired) electrons. The lowest BCUT2D eigenvalue weighted by atomic mass is 9.77. The minimum absolute atomic E-state index is 0.0126. The Morgan fingerprint density at radius 3 is 2.59 bits per heavy atom. The number of hydrazone groups is 2. The van der Waals surface area contributed by atoms with Gasteiger partial charge >= 0.3 is 5.97 Å². The lowest BCUT2D eigenvalue weighted by molar-refractivity contribution is -0.143. The monoisotopic (exact) mass is 440 g/mol. The van der Waals surface area contributed by atoms with Gasteiger partial charge in [-0.2, -0.15) is 10.2 Å². The number of phenols is 1. The van der Waals surface area contributed by atoms with E-state index in [1.165, 1.54) is 12.8 Å². The fraction of sp³-hybridized carbons (Fsp3) is 0.583. The van der Waals surface area contributed by atoms with Crippen LogP contribution in [-0.2, 0) is 9.59 Å². The highest BCUT2D eigenvalue weighted by Gasteiger charge is 2.35. The summed E-state index contributed by atoms with van der Waals surface area (Å²) < 4.78 is 0. The molecule has 0 saturated heterocycles. The van der Waals surface area contributed by atoms with Crippen molar-refractivity contribution in [2.24, 2.45) is 16.1 Å². The molecule has 3 N–H and O–H groups in total.